The monoisotopic (exact) mass is 278 g/mol. The van der Waals surface area contributed by atoms with Crippen molar-refractivity contribution < 1.29 is 14.8 Å². The standard InChI is InChI=1S/C14H18N2O4/c1-9-6-15(8-12(9)14(17)18)7-11-4-3-5-13(10(11)2)16(19)20/h3-5,9,12H,6-8H2,1-2H3,(H,17,18)/t9-,12-/m1/s1. The molecule has 2 rings (SSSR count). The maximum absolute atomic E-state index is 11.1. The average molecular weight is 278 g/mol. The minimum Gasteiger partial charge on any atom is -0.481 e. The molecule has 6 heteroatoms. The van der Waals surface area contributed by atoms with Crippen LogP contribution in [-0.4, -0.2) is 34.0 Å². The van der Waals surface area contributed by atoms with Crippen LogP contribution in [0.5, 0.6) is 0 Å². The number of hydrogen-bond donors (Lipinski definition) is 1. The van der Waals surface area contributed by atoms with E-state index in [1.165, 1.54) is 6.07 Å². The molecule has 0 bridgehead atoms. The van der Waals surface area contributed by atoms with Crippen molar-refractivity contribution in [2.45, 2.75) is 20.4 Å². The van der Waals surface area contributed by atoms with Crippen LogP contribution in [-0.2, 0) is 11.3 Å². The van der Waals surface area contributed by atoms with Crippen molar-refractivity contribution in [3.63, 3.8) is 0 Å². The van der Waals surface area contributed by atoms with Crippen molar-refractivity contribution in [2.75, 3.05) is 13.1 Å². The molecule has 108 valence electrons. The second kappa shape index (κ2) is 5.58. The van der Waals surface area contributed by atoms with E-state index >= 15 is 0 Å². The number of nitrogens with zero attached hydrogens (tertiary/aromatic N) is 2. The van der Waals surface area contributed by atoms with Crippen LogP contribution < -0.4 is 0 Å². The molecule has 1 fully saturated rings. The van der Waals surface area contributed by atoms with Gasteiger partial charge in [0.2, 0.25) is 0 Å². The van der Waals surface area contributed by atoms with E-state index in [2.05, 4.69) is 4.90 Å². The number of rotatable bonds is 4. The van der Waals surface area contributed by atoms with Gasteiger partial charge in [0, 0.05) is 31.3 Å². The maximum atomic E-state index is 11.1. The van der Waals surface area contributed by atoms with Crippen LogP contribution in [0.3, 0.4) is 0 Å². The van der Waals surface area contributed by atoms with Gasteiger partial charge in [-0.3, -0.25) is 19.8 Å². The second-order valence-electron chi connectivity index (χ2n) is 5.43. The predicted molar refractivity (Wildman–Crippen MR) is 73.4 cm³/mol. The molecular formula is C14H18N2O4. The Hall–Kier alpha value is -1.95. The summed E-state index contributed by atoms with van der Waals surface area (Å²) < 4.78 is 0. The summed E-state index contributed by atoms with van der Waals surface area (Å²) in [7, 11) is 0. The van der Waals surface area contributed by atoms with Crippen LogP contribution in [0.25, 0.3) is 0 Å². The highest BCUT2D eigenvalue weighted by atomic mass is 16.6. The number of carboxylic acid groups (broad SMARTS) is 1. The van der Waals surface area contributed by atoms with Crippen LogP contribution in [0.15, 0.2) is 18.2 Å². The van der Waals surface area contributed by atoms with Gasteiger partial charge in [0.1, 0.15) is 0 Å². The zero-order valence-corrected chi connectivity index (χ0v) is 11.6. The zero-order valence-electron chi connectivity index (χ0n) is 11.6. The van der Waals surface area contributed by atoms with E-state index in [1.807, 2.05) is 13.0 Å². The van der Waals surface area contributed by atoms with Gasteiger partial charge in [0.25, 0.3) is 5.69 Å². The molecule has 0 saturated carbocycles. The van der Waals surface area contributed by atoms with Crippen molar-refractivity contribution in [1.82, 2.24) is 4.90 Å². The fourth-order valence-corrected chi connectivity index (χ4v) is 2.80. The van der Waals surface area contributed by atoms with E-state index in [0.29, 0.717) is 25.2 Å². The fourth-order valence-electron chi connectivity index (χ4n) is 2.80. The van der Waals surface area contributed by atoms with E-state index in [4.69, 9.17) is 5.11 Å². The molecule has 1 aromatic rings. The molecule has 1 N–H and O–H groups in total. The lowest BCUT2D eigenvalue weighted by molar-refractivity contribution is -0.385. The van der Waals surface area contributed by atoms with Crippen molar-refractivity contribution in [3.8, 4) is 0 Å². The summed E-state index contributed by atoms with van der Waals surface area (Å²) in [4.78, 5) is 23.7. The smallest absolute Gasteiger partial charge is 0.308 e. The zero-order chi connectivity index (χ0) is 14.9. The van der Waals surface area contributed by atoms with Gasteiger partial charge in [-0.05, 0) is 18.4 Å². The molecule has 1 heterocycles. The van der Waals surface area contributed by atoms with Gasteiger partial charge in [-0.15, -0.1) is 0 Å². The van der Waals surface area contributed by atoms with Crippen LogP contribution >= 0.6 is 0 Å². The summed E-state index contributed by atoms with van der Waals surface area (Å²) in [6.07, 6.45) is 0. The number of likely N-dealkylation sites (tertiary alicyclic amines) is 1. The maximum Gasteiger partial charge on any atom is 0.308 e. The van der Waals surface area contributed by atoms with Crippen LogP contribution in [0.4, 0.5) is 5.69 Å². The lowest BCUT2D eigenvalue weighted by Crippen LogP contribution is -2.23. The summed E-state index contributed by atoms with van der Waals surface area (Å²) in [5.41, 5.74) is 1.66. The average Bonchev–Trinajstić information content (AvgIpc) is 2.72. The first-order valence-electron chi connectivity index (χ1n) is 6.58. The Balaban J connectivity index is 2.14. The molecule has 1 aliphatic rings. The molecule has 1 aromatic carbocycles. The Kier molecular flexibility index (Phi) is 4.04. The summed E-state index contributed by atoms with van der Waals surface area (Å²) >= 11 is 0. The van der Waals surface area contributed by atoms with Gasteiger partial charge >= 0.3 is 5.97 Å². The number of benzene rings is 1. The lowest BCUT2D eigenvalue weighted by atomic mass is 9.99. The van der Waals surface area contributed by atoms with Gasteiger partial charge < -0.3 is 5.11 Å². The van der Waals surface area contributed by atoms with E-state index in [0.717, 1.165) is 5.56 Å². The number of carboxylic acids is 1. The third-order valence-electron chi connectivity index (χ3n) is 4.01. The lowest BCUT2D eigenvalue weighted by Gasteiger charge is -2.16. The minimum atomic E-state index is -0.768. The molecule has 0 unspecified atom stereocenters. The largest absolute Gasteiger partial charge is 0.481 e. The first-order chi connectivity index (χ1) is 9.40. The molecule has 1 saturated heterocycles. The van der Waals surface area contributed by atoms with E-state index < -0.39 is 5.97 Å². The molecule has 1 aliphatic heterocycles. The Labute approximate surface area is 117 Å². The van der Waals surface area contributed by atoms with Crippen molar-refractivity contribution in [1.29, 1.82) is 0 Å². The molecule has 0 amide bonds. The van der Waals surface area contributed by atoms with E-state index in [9.17, 15) is 14.9 Å². The second-order valence-corrected chi connectivity index (χ2v) is 5.43. The van der Waals surface area contributed by atoms with Gasteiger partial charge in [-0.25, -0.2) is 0 Å². The van der Waals surface area contributed by atoms with Gasteiger partial charge in [0.05, 0.1) is 10.8 Å². The van der Waals surface area contributed by atoms with E-state index in [-0.39, 0.29) is 22.4 Å². The first-order valence-corrected chi connectivity index (χ1v) is 6.58. The highest BCUT2D eigenvalue weighted by Crippen LogP contribution is 2.27. The van der Waals surface area contributed by atoms with Gasteiger partial charge in [-0.1, -0.05) is 19.1 Å². The number of nitro groups is 1. The molecule has 2 atom stereocenters. The molecule has 6 nitrogen and oxygen atoms in total. The molecule has 0 aromatic heterocycles. The Morgan fingerprint density at radius 1 is 1.50 bits per heavy atom. The van der Waals surface area contributed by atoms with Crippen LogP contribution in [0, 0.1) is 28.9 Å². The molecule has 0 aliphatic carbocycles. The van der Waals surface area contributed by atoms with Crippen LogP contribution in [0.1, 0.15) is 18.1 Å². The molecule has 0 spiro atoms. The molecular weight excluding hydrogens is 260 g/mol. The molecule has 0 radical (unpaired) electrons. The normalized spacial score (nSPS) is 22.9. The Morgan fingerprint density at radius 3 is 2.75 bits per heavy atom. The third kappa shape index (κ3) is 2.80. The van der Waals surface area contributed by atoms with E-state index in [1.54, 1.807) is 13.0 Å². The topological polar surface area (TPSA) is 83.7 Å². The van der Waals surface area contributed by atoms with Crippen LogP contribution in [0.2, 0.25) is 0 Å². The van der Waals surface area contributed by atoms with Crippen molar-refractivity contribution >= 4 is 11.7 Å². The molecule has 20 heavy (non-hydrogen) atoms. The Morgan fingerprint density at radius 2 is 2.20 bits per heavy atom. The number of carbonyl (C=O) groups is 1. The summed E-state index contributed by atoms with van der Waals surface area (Å²) in [5, 5.41) is 20.0. The summed E-state index contributed by atoms with van der Waals surface area (Å²) in [6.45, 7) is 5.43. The highest BCUT2D eigenvalue weighted by Gasteiger charge is 2.34. The van der Waals surface area contributed by atoms with Crippen molar-refractivity contribution in [3.05, 3.63) is 39.4 Å². The minimum absolute atomic E-state index is 0.103. The highest BCUT2D eigenvalue weighted by molar-refractivity contribution is 5.71. The SMILES string of the molecule is Cc1c(CN2C[C@@H](C)[C@H](C(=O)O)C2)cccc1[N+](=O)[O-]. The van der Waals surface area contributed by atoms with Crippen molar-refractivity contribution in [2.24, 2.45) is 11.8 Å². The third-order valence-corrected chi connectivity index (χ3v) is 4.01. The summed E-state index contributed by atoms with van der Waals surface area (Å²) in [5.74, 6) is -1.02. The predicted octanol–water partition coefficient (Wildman–Crippen LogP) is 2.06. The fraction of sp³-hybridized carbons (Fsp3) is 0.500. The number of hydrogen-bond acceptors (Lipinski definition) is 4. The van der Waals surface area contributed by atoms with Gasteiger partial charge in [-0.2, -0.15) is 0 Å². The number of nitro benzene ring substituents is 1. The quantitative estimate of drug-likeness (QED) is 0.673. The number of aliphatic carboxylic acids is 1. The Bertz CT molecular complexity index is 544. The summed E-state index contributed by atoms with van der Waals surface area (Å²) in [6, 6.07) is 5.03. The first kappa shape index (κ1) is 14.5. The van der Waals surface area contributed by atoms with Gasteiger partial charge in [0.15, 0.2) is 0 Å².